The standard InChI is InChI=1S/C11H15N3O3/c1-6(2)9(12)10(15)14-7-3-4-8(11(16)17)13-5-7/h3-6,9H,12H2,1-2H3,(H,14,15)(H,16,17). The number of nitrogens with zero attached hydrogens (tertiary/aromatic N) is 1. The van der Waals surface area contributed by atoms with E-state index in [1.165, 1.54) is 18.3 Å². The van der Waals surface area contributed by atoms with Gasteiger partial charge < -0.3 is 16.2 Å². The van der Waals surface area contributed by atoms with Crippen LogP contribution in [0.3, 0.4) is 0 Å². The highest BCUT2D eigenvalue weighted by Gasteiger charge is 2.17. The van der Waals surface area contributed by atoms with Crippen molar-refractivity contribution >= 4 is 17.6 Å². The molecule has 0 saturated carbocycles. The number of rotatable bonds is 4. The molecule has 92 valence electrons. The van der Waals surface area contributed by atoms with E-state index in [0.717, 1.165) is 0 Å². The smallest absolute Gasteiger partial charge is 0.354 e. The van der Waals surface area contributed by atoms with Crippen LogP contribution in [0, 0.1) is 5.92 Å². The Labute approximate surface area is 98.8 Å². The zero-order valence-corrected chi connectivity index (χ0v) is 9.68. The maximum absolute atomic E-state index is 11.6. The van der Waals surface area contributed by atoms with Gasteiger partial charge in [-0.1, -0.05) is 13.8 Å². The summed E-state index contributed by atoms with van der Waals surface area (Å²) in [5.41, 5.74) is 6.01. The van der Waals surface area contributed by atoms with E-state index >= 15 is 0 Å². The number of carboxylic acid groups (broad SMARTS) is 1. The fourth-order valence-corrected chi connectivity index (χ4v) is 1.12. The molecule has 1 rings (SSSR count). The fourth-order valence-electron chi connectivity index (χ4n) is 1.12. The molecule has 0 aliphatic carbocycles. The van der Waals surface area contributed by atoms with Gasteiger partial charge in [-0.3, -0.25) is 4.79 Å². The lowest BCUT2D eigenvalue weighted by atomic mass is 10.1. The minimum atomic E-state index is -1.11. The Morgan fingerprint density at radius 3 is 2.47 bits per heavy atom. The first-order chi connectivity index (χ1) is 7.91. The highest BCUT2D eigenvalue weighted by Crippen LogP contribution is 2.08. The number of pyridine rings is 1. The van der Waals surface area contributed by atoms with Crippen molar-refractivity contribution in [3.8, 4) is 0 Å². The van der Waals surface area contributed by atoms with Crippen molar-refractivity contribution in [1.29, 1.82) is 0 Å². The summed E-state index contributed by atoms with van der Waals surface area (Å²) < 4.78 is 0. The molecular weight excluding hydrogens is 222 g/mol. The first-order valence-electron chi connectivity index (χ1n) is 5.17. The van der Waals surface area contributed by atoms with E-state index in [9.17, 15) is 9.59 Å². The molecule has 0 bridgehead atoms. The minimum Gasteiger partial charge on any atom is -0.477 e. The Morgan fingerprint density at radius 2 is 2.06 bits per heavy atom. The third-order valence-corrected chi connectivity index (χ3v) is 2.27. The van der Waals surface area contributed by atoms with E-state index < -0.39 is 12.0 Å². The molecule has 1 aromatic heterocycles. The van der Waals surface area contributed by atoms with Crippen molar-refractivity contribution in [2.24, 2.45) is 11.7 Å². The van der Waals surface area contributed by atoms with Crippen molar-refractivity contribution in [1.82, 2.24) is 4.98 Å². The van der Waals surface area contributed by atoms with E-state index in [0.29, 0.717) is 5.69 Å². The first-order valence-corrected chi connectivity index (χ1v) is 5.17. The van der Waals surface area contributed by atoms with Gasteiger partial charge in [0.2, 0.25) is 5.91 Å². The summed E-state index contributed by atoms with van der Waals surface area (Å²) >= 11 is 0. The summed E-state index contributed by atoms with van der Waals surface area (Å²) in [5, 5.41) is 11.2. The molecule has 1 amide bonds. The quantitative estimate of drug-likeness (QED) is 0.714. The molecule has 0 radical (unpaired) electrons. The van der Waals surface area contributed by atoms with Crippen LogP contribution in [0.4, 0.5) is 5.69 Å². The summed E-state index contributed by atoms with van der Waals surface area (Å²) in [6.45, 7) is 3.69. The SMILES string of the molecule is CC(C)C(N)C(=O)Nc1ccc(C(=O)O)nc1. The Balaban J connectivity index is 2.70. The van der Waals surface area contributed by atoms with Crippen LogP contribution in [0.2, 0.25) is 0 Å². The number of carbonyl (C=O) groups is 2. The minimum absolute atomic E-state index is 0.0289. The number of hydrogen-bond donors (Lipinski definition) is 3. The van der Waals surface area contributed by atoms with E-state index in [1.54, 1.807) is 0 Å². The Hall–Kier alpha value is -1.95. The van der Waals surface area contributed by atoms with Gasteiger partial charge in [0.05, 0.1) is 17.9 Å². The van der Waals surface area contributed by atoms with E-state index in [4.69, 9.17) is 10.8 Å². The van der Waals surface area contributed by atoms with E-state index in [1.807, 2.05) is 13.8 Å². The highest BCUT2D eigenvalue weighted by molar-refractivity contribution is 5.95. The normalized spacial score (nSPS) is 12.2. The van der Waals surface area contributed by atoms with Crippen LogP contribution in [0.25, 0.3) is 0 Å². The summed E-state index contributed by atoms with van der Waals surface area (Å²) in [7, 11) is 0. The zero-order valence-electron chi connectivity index (χ0n) is 9.68. The van der Waals surface area contributed by atoms with Gasteiger partial charge in [0.25, 0.3) is 0 Å². The van der Waals surface area contributed by atoms with Crippen LogP contribution < -0.4 is 11.1 Å². The summed E-state index contributed by atoms with van der Waals surface area (Å²) in [5.74, 6) is -1.40. The van der Waals surface area contributed by atoms with Gasteiger partial charge in [-0.25, -0.2) is 9.78 Å². The Bertz CT molecular complexity index is 414. The topological polar surface area (TPSA) is 105 Å². The number of anilines is 1. The molecule has 17 heavy (non-hydrogen) atoms. The Kier molecular flexibility index (Phi) is 4.17. The van der Waals surface area contributed by atoms with Crippen molar-refractivity contribution in [2.75, 3.05) is 5.32 Å². The van der Waals surface area contributed by atoms with E-state index in [2.05, 4.69) is 10.3 Å². The molecule has 6 heteroatoms. The lowest BCUT2D eigenvalue weighted by molar-refractivity contribution is -0.118. The van der Waals surface area contributed by atoms with Gasteiger partial charge in [-0.15, -0.1) is 0 Å². The second kappa shape index (κ2) is 5.40. The van der Waals surface area contributed by atoms with Gasteiger partial charge in [-0.05, 0) is 18.1 Å². The summed E-state index contributed by atoms with van der Waals surface area (Å²) in [6.07, 6.45) is 1.29. The molecule has 0 aliphatic rings. The first kappa shape index (κ1) is 13.1. The van der Waals surface area contributed by atoms with Crippen molar-refractivity contribution in [2.45, 2.75) is 19.9 Å². The molecule has 1 unspecified atom stereocenters. The van der Waals surface area contributed by atoms with E-state index in [-0.39, 0.29) is 17.5 Å². The largest absolute Gasteiger partial charge is 0.477 e. The number of aromatic nitrogens is 1. The molecule has 0 aromatic carbocycles. The molecule has 1 heterocycles. The predicted molar refractivity (Wildman–Crippen MR) is 62.6 cm³/mol. The van der Waals surface area contributed by atoms with Crippen LogP contribution in [0.1, 0.15) is 24.3 Å². The zero-order chi connectivity index (χ0) is 13.0. The van der Waals surface area contributed by atoms with Crippen LogP contribution >= 0.6 is 0 Å². The molecule has 1 aromatic rings. The molecule has 0 spiro atoms. The second-order valence-electron chi connectivity index (χ2n) is 4.00. The van der Waals surface area contributed by atoms with Gasteiger partial charge in [0.15, 0.2) is 0 Å². The molecule has 0 fully saturated rings. The molecule has 1 atom stereocenters. The average Bonchev–Trinajstić information content (AvgIpc) is 2.28. The van der Waals surface area contributed by atoms with Crippen molar-refractivity contribution in [3.63, 3.8) is 0 Å². The number of aromatic carboxylic acids is 1. The average molecular weight is 237 g/mol. The van der Waals surface area contributed by atoms with Crippen LogP contribution in [0.5, 0.6) is 0 Å². The molecular formula is C11H15N3O3. The van der Waals surface area contributed by atoms with Gasteiger partial charge in [0, 0.05) is 0 Å². The van der Waals surface area contributed by atoms with Gasteiger partial charge in [0.1, 0.15) is 5.69 Å². The van der Waals surface area contributed by atoms with Crippen molar-refractivity contribution in [3.05, 3.63) is 24.0 Å². The van der Waals surface area contributed by atoms with Crippen molar-refractivity contribution < 1.29 is 14.7 Å². The monoisotopic (exact) mass is 237 g/mol. The lowest BCUT2D eigenvalue weighted by Gasteiger charge is -2.15. The number of carboxylic acids is 1. The second-order valence-corrected chi connectivity index (χ2v) is 4.00. The number of nitrogens with one attached hydrogen (secondary N) is 1. The summed E-state index contributed by atoms with van der Waals surface area (Å²) in [6, 6.07) is 2.19. The Morgan fingerprint density at radius 1 is 1.41 bits per heavy atom. The number of hydrogen-bond acceptors (Lipinski definition) is 4. The summed E-state index contributed by atoms with van der Waals surface area (Å²) in [4.78, 5) is 25.8. The molecule has 4 N–H and O–H groups in total. The third kappa shape index (κ3) is 3.53. The van der Waals surface area contributed by atoms with Crippen LogP contribution in [0.15, 0.2) is 18.3 Å². The van der Waals surface area contributed by atoms with Crippen LogP contribution in [-0.2, 0) is 4.79 Å². The molecule has 0 aliphatic heterocycles. The highest BCUT2D eigenvalue weighted by atomic mass is 16.4. The number of carbonyl (C=O) groups excluding carboxylic acids is 1. The van der Waals surface area contributed by atoms with Gasteiger partial charge >= 0.3 is 5.97 Å². The fraction of sp³-hybridized carbons (Fsp3) is 0.364. The van der Waals surface area contributed by atoms with Crippen LogP contribution in [-0.4, -0.2) is 28.0 Å². The number of nitrogens with two attached hydrogens (primary N) is 1. The third-order valence-electron chi connectivity index (χ3n) is 2.27. The lowest BCUT2D eigenvalue weighted by Crippen LogP contribution is -2.39. The molecule has 6 nitrogen and oxygen atoms in total. The predicted octanol–water partition coefficient (Wildman–Crippen LogP) is 0.702. The molecule has 0 saturated heterocycles. The number of amides is 1. The van der Waals surface area contributed by atoms with Gasteiger partial charge in [-0.2, -0.15) is 0 Å². The maximum Gasteiger partial charge on any atom is 0.354 e. The maximum atomic E-state index is 11.6.